The number of carbonyl (C=O) groups is 1. The maximum atomic E-state index is 10.3. The Labute approximate surface area is 70.3 Å². The molecule has 1 heterocycles. The molecule has 0 aromatic carbocycles. The van der Waals surface area contributed by atoms with Crippen LogP contribution in [-0.4, -0.2) is 22.4 Å². The van der Waals surface area contributed by atoms with Crippen LogP contribution in [0.25, 0.3) is 0 Å². The molecule has 0 radical (unpaired) electrons. The first-order valence-electron chi connectivity index (χ1n) is 3.51. The minimum absolute atomic E-state index is 0.253. The summed E-state index contributed by atoms with van der Waals surface area (Å²) < 4.78 is 0.695. The van der Waals surface area contributed by atoms with Crippen LogP contribution in [0, 0.1) is 5.92 Å². The molecule has 0 aromatic heterocycles. The Hall–Kier alpha value is 0.370. The number of rotatable bonds is 3. The fourth-order valence-electron chi connectivity index (χ4n) is 0.902. The third kappa shape index (κ3) is 2.54. The van der Waals surface area contributed by atoms with E-state index < -0.39 is 0 Å². The zero-order valence-electron chi connectivity index (χ0n) is 6.08. The summed E-state index contributed by atoms with van der Waals surface area (Å²) in [6.45, 7) is 1.99. The van der Waals surface area contributed by atoms with Crippen molar-refractivity contribution in [2.24, 2.45) is 5.92 Å². The van der Waals surface area contributed by atoms with Gasteiger partial charge in [-0.15, -0.1) is 23.5 Å². The van der Waals surface area contributed by atoms with Gasteiger partial charge in [0, 0.05) is 17.4 Å². The Morgan fingerprint density at radius 1 is 1.60 bits per heavy atom. The molecule has 1 aliphatic heterocycles. The lowest BCUT2D eigenvalue weighted by Crippen LogP contribution is -2.02. The van der Waals surface area contributed by atoms with Gasteiger partial charge in [0.2, 0.25) is 0 Å². The third-order valence-electron chi connectivity index (χ3n) is 1.49. The largest absolute Gasteiger partial charge is 0.303 e. The highest BCUT2D eigenvalue weighted by atomic mass is 32.2. The number of aldehydes is 1. The molecule has 1 nitrogen and oxygen atoms in total. The van der Waals surface area contributed by atoms with Gasteiger partial charge in [-0.25, -0.2) is 0 Å². The van der Waals surface area contributed by atoms with Gasteiger partial charge in [0.05, 0.1) is 4.58 Å². The SMILES string of the molecule is CC(C=O)CC1SCCS1. The Morgan fingerprint density at radius 3 is 2.70 bits per heavy atom. The van der Waals surface area contributed by atoms with Crippen molar-refractivity contribution < 1.29 is 4.79 Å². The third-order valence-corrected chi connectivity index (χ3v) is 4.57. The van der Waals surface area contributed by atoms with Crippen molar-refractivity contribution in [2.45, 2.75) is 17.9 Å². The summed E-state index contributed by atoms with van der Waals surface area (Å²) in [6, 6.07) is 0. The van der Waals surface area contributed by atoms with E-state index in [1.807, 2.05) is 30.4 Å². The molecule has 1 rings (SSSR count). The van der Waals surface area contributed by atoms with Crippen LogP contribution in [0.1, 0.15) is 13.3 Å². The summed E-state index contributed by atoms with van der Waals surface area (Å²) in [4.78, 5) is 10.3. The van der Waals surface area contributed by atoms with Crippen LogP contribution >= 0.6 is 23.5 Å². The second-order valence-electron chi connectivity index (χ2n) is 2.52. The lowest BCUT2D eigenvalue weighted by atomic mass is 10.1. The van der Waals surface area contributed by atoms with Crippen LogP contribution < -0.4 is 0 Å². The molecule has 0 bridgehead atoms. The van der Waals surface area contributed by atoms with E-state index in [9.17, 15) is 4.79 Å². The predicted octanol–water partition coefficient (Wildman–Crippen LogP) is 2.02. The zero-order chi connectivity index (χ0) is 7.40. The molecule has 0 amide bonds. The molecule has 1 saturated heterocycles. The van der Waals surface area contributed by atoms with Crippen LogP contribution in [0.5, 0.6) is 0 Å². The summed E-state index contributed by atoms with van der Waals surface area (Å²) >= 11 is 3.98. The Balaban J connectivity index is 2.17. The first-order chi connectivity index (χ1) is 4.83. The van der Waals surface area contributed by atoms with E-state index in [1.165, 1.54) is 11.5 Å². The Kier molecular flexibility index (Phi) is 3.63. The lowest BCUT2D eigenvalue weighted by Gasteiger charge is -2.08. The molecule has 0 aliphatic carbocycles. The molecule has 1 fully saturated rings. The summed E-state index contributed by atoms with van der Waals surface area (Å²) in [6.07, 6.45) is 2.11. The van der Waals surface area contributed by atoms with Gasteiger partial charge in [-0.05, 0) is 6.42 Å². The molecule has 0 spiro atoms. The molecule has 58 valence electrons. The van der Waals surface area contributed by atoms with Crippen molar-refractivity contribution in [3.63, 3.8) is 0 Å². The van der Waals surface area contributed by atoms with Crippen LogP contribution in [0.2, 0.25) is 0 Å². The average Bonchev–Trinajstić information content (AvgIpc) is 2.40. The minimum atomic E-state index is 0.253. The van der Waals surface area contributed by atoms with Gasteiger partial charge in [-0.1, -0.05) is 6.92 Å². The van der Waals surface area contributed by atoms with Gasteiger partial charge in [-0.2, -0.15) is 0 Å². The van der Waals surface area contributed by atoms with Gasteiger partial charge < -0.3 is 4.79 Å². The molecule has 1 atom stereocenters. The van der Waals surface area contributed by atoms with Crippen molar-refractivity contribution in [1.82, 2.24) is 0 Å². The van der Waals surface area contributed by atoms with Crippen LogP contribution in [-0.2, 0) is 4.79 Å². The average molecular weight is 176 g/mol. The van der Waals surface area contributed by atoms with Crippen molar-refractivity contribution in [2.75, 3.05) is 11.5 Å². The molecule has 10 heavy (non-hydrogen) atoms. The van der Waals surface area contributed by atoms with Crippen LogP contribution in [0.3, 0.4) is 0 Å². The summed E-state index contributed by atoms with van der Waals surface area (Å²) in [5, 5.41) is 0. The highest BCUT2D eigenvalue weighted by Gasteiger charge is 2.18. The van der Waals surface area contributed by atoms with Crippen molar-refractivity contribution >= 4 is 29.8 Å². The topological polar surface area (TPSA) is 17.1 Å². The predicted molar refractivity (Wildman–Crippen MR) is 48.5 cm³/mol. The van der Waals surface area contributed by atoms with Gasteiger partial charge >= 0.3 is 0 Å². The quantitative estimate of drug-likeness (QED) is 0.612. The highest BCUT2D eigenvalue weighted by Crippen LogP contribution is 2.35. The van der Waals surface area contributed by atoms with Gasteiger partial charge in [0.1, 0.15) is 6.29 Å². The molecule has 1 aliphatic rings. The van der Waals surface area contributed by atoms with E-state index in [2.05, 4.69) is 0 Å². The van der Waals surface area contributed by atoms with E-state index in [-0.39, 0.29) is 5.92 Å². The van der Waals surface area contributed by atoms with Crippen molar-refractivity contribution in [3.8, 4) is 0 Å². The van der Waals surface area contributed by atoms with Gasteiger partial charge in [-0.3, -0.25) is 0 Å². The summed E-state index contributed by atoms with van der Waals surface area (Å²) in [5.41, 5.74) is 0. The summed E-state index contributed by atoms with van der Waals surface area (Å²) in [7, 11) is 0. The van der Waals surface area contributed by atoms with Crippen molar-refractivity contribution in [3.05, 3.63) is 0 Å². The number of thioether (sulfide) groups is 2. The van der Waals surface area contributed by atoms with Gasteiger partial charge in [0.25, 0.3) is 0 Å². The Morgan fingerprint density at radius 2 is 2.20 bits per heavy atom. The maximum absolute atomic E-state index is 10.3. The molecule has 0 saturated carbocycles. The molecular weight excluding hydrogens is 164 g/mol. The van der Waals surface area contributed by atoms with E-state index in [1.54, 1.807) is 0 Å². The van der Waals surface area contributed by atoms with Crippen LogP contribution in [0.4, 0.5) is 0 Å². The number of hydrogen-bond acceptors (Lipinski definition) is 3. The second-order valence-corrected chi connectivity index (χ2v) is 5.44. The lowest BCUT2D eigenvalue weighted by molar-refractivity contribution is -0.110. The summed E-state index contributed by atoms with van der Waals surface area (Å²) in [5.74, 6) is 2.78. The molecule has 0 aromatic rings. The van der Waals surface area contributed by atoms with E-state index in [0.717, 1.165) is 12.7 Å². The standard InChI is InChI=1S/C7H12OS2/c1-6(5-8)4-7-9-2-3-10-7/h5-7H,2-4H2,1H3. The molecular formula is C7H12OS2. The highest BCUT2D eigenvalue weighted by molar-refractivity contribution is 8.20. The molecule has 3 heteroatoms. The normalized spacial score (nSPS) is 22.9. The van der Waals surface area contributed by atoms with E-state index in [0.29, 0.717) is 4.58 Å². The zero-order valence-corrected chi connectivity index (χ0v) is 7.71. The first kappa shape index (κ1) is 8.47. The van der Waals surface area contributed by atoms with Crippen LogP contribution in [0.15, 0.2) is 0 Å². The number of hydrogen-bond donors (Lipinski definition) is 0. The fourth-order valence-corrected chi connectivity index (χ4v) is 4.04. The fraction of sp³-hybridized carbons (Fsp3) is 0.857. The second kappa shape index (κ2) is 4.29. The monoisotopic (exact) mass is 176 g/mol. The van der Waals surface area contributed by atoms with E-state index >= 15 is 0 Å². The van der Waals surface area contributed by atoms with Crippen molar-refractivity contribution in [1.29, 1.82) is 0 Å². The Bertz CT molecular complexity index is 110. The smallest absolute Gasteiger partial charge is 0.122 e. The molecule has 1 unspecified atom stereocenters. The first-order valence-corrected chi connectivity index (χ1v) is 5.61. The van der Waals surface area contributed by atoms with Gasteiger partial charge in [0.15, 0.2) is 0 Å². The minimum Gasteiger partial charge on any atom is -0.303 e. The van der Waals surface area contributed by atoms with E-state index in [4.69, 9.17) is 0 Å². The maximum Gasteiger partial charge on any atom is 0.122 e. The molecule has 0 N–H and O–H groups in total. The number of carbonyl (C=O) groups excluding carboxylic acids is 1.